The van der Waals surface area contributed by atoms with Crippen molar-refractivity contribution in [2.24, 2.45) is 0 Å². The predicted octanol–water partition coefficient (Wildman–Crippen LogP) is 4.26. The molecule has 0 saturated carbocycles. The van der Waals surface area contributed by atoms with Gasteiger partial charge >= 0.3 is 6.16 Å². The highest BCUT2D eigenvalue weighted by Gasteiger charge is 2.09. The van der Waals surface area contributed by atoms with Gasteiger partial charge in [0.1, 0.15) is 12.4 Å². The maximum Gasteiger partial charge on any atom is 0.514 e. The first-order valence-electron chi connectivity index (χ1n) is 7.25. The molecule has 0 aromatic heterocycles. The second-order valence-corrected chi connectivity index (χ2v) is 4.96. The van der Waals surface area contributed by atoms with Gasteiger partial charge < -0.3 is 9.47 Å². The van der Waals surface area contributed by atoms with Crippen molar-refractivity contribution >= 4 is 11.8 Å². The van der Waals surface area contributed by atoms with Crippen molar-refractivity contribution in [1.29, 1.82) is 0 Å². The lowest BCUT2D eigenvalue weighted by Crippen LogP contribution is -2.10. The molecule has 120 valence electrons. The van der Waals surface area contributed by atoms with Crippen LogP contribution in [0, 0.1) is 10.1 Å². The fourth-order valence-electron chi connectivity index (χ4n) is 1.99. The van der Waals surface area contributed by atoms with E-state index in [9.17, 15) is 14.9 Å². The van der Waals surface area contributed by atoms with Crippen LogP contribution in [-0.2, 0) is 17.8 Å². The van der Waals surface area contributed by atoms with Gasteiger partial charge in [-0.3, -0.25) is 10.1 Å². The van der Waals surface area contributed by atoms with Crippen molar-refractivity contribution in [3.05, 3.63) is 69.8 Å². The molecule has 2 rings (SSSR count). The monoisotopic (exact) mass is 315 g/mol. The van der Waals surface area contributed by atoms with Gasteiger partial charge in [0.05, 0.1) is 4.92 Å². The number of non-ortho nitro benzene ring substituents is 1. The van der Waals surface area contributed by atoms with Crippen molar-refractivity contribution in [1.82, 2.24) is 0 Å². The molecule has 0 amide bonds. The maximum absolute atomic E-state index is 11.6. The quantitative estimate of drug-likeness (QED) is 0.344. The predicted molar refractivity (Wildman–Crippen MR) is 84.3 cm³/mol. The Balaban J connectivity index is 1.83. The summed E-state index contributed by atoms with van der Waals surface area (Å²) in [5.74, 6) is 0.193. The zero-order valence-electron chi connectivity index (χ0n) is 12.7. The van der Waals surface area contributed by atoms with Gasteiger partial charge in [-0.15, -0.1) is 0 Å². The van der Waals surface area contributed by atoms with Crippen molar-refractivity contribution < 1.29 is 19.2 Å². The summed E-state index contributed by atoms with van der Waals surface area (Å²) in [7, 11) is 0. The van der Waals surface area contributed by atoms with Crippen molar-refractivity contribution in [2.45, 2.75) is 26.4 Å². The Kier molecular flexibility index (Phi) is 5.68. The zero-order valence-corrected chi connectivity index (χ0v) is 12.7. The van der Waals surface area contributed by atoms with Gasteiger partial charge in [-0.1, -0.05) is 37.6 Å². The summed E-state index contributed by atoms with van der Waals surface area (Å²) in [6.45, 7) is 2.23. The minimum Gasteiger partial charge on any atom is -0.429 e. The summed E-state index contributed by atoms with van der Waals surface area (Å²) in [6.07, 6.45) is 1.25. The topological polar surface area (TPSA) is 78.7 Å². The minimum atomic E-state index is -0.850. The van der Waals surface area contributed by atoms with Gasteiger partial charge in [0, 0.05) is 12.1 Å². The number of rotatable bonds is 6. The number of nitro benzene ring substituents is 1. The number of hydrogen-bond donors (Lipinski definition) is 0. The molecule has 0 saturated heterocycles. The molecule has 6 nitrogen and oxygen atoms in total. The Morgan fingerprint density at radius 2 is 1.65 bits per heavy atom. The standard InChI is InChI=1S/C17H17NO5/c1-2-3-13-4-6-14(7-5-13)12-22-17(19)23-16-10-8-15(9-11-16)18(20)21/h4-11H,2-3,12H2,1H3. The van der Waals surface area contributed by atoms with E-state index in [1.807, 2.05) is 24.3 Å². The number of aryl methyl sites for hydroxylation is 1. The summed E-state index contributed by atoms with van der Waals surface area (Å²) in [5, 5.41) is 10.5. The smallest absolute Gasteiger partial charge is 0.429 e. The fraction of sp³-hybridized carbons (Fsp3) is 0.235. The summed E-state index contributed by atoms with van der Waals surface area (Å²) in [6, 6.07) is 13.0. The van der Waals surface area contributed by atoms with Gasteiger partial charge in [0.15, 0.2) is 0 Å². The molecule has 0 aliphatic heterocycles. The molecule has 23 heavy (non-hydrogen) atoms. The SMILES string of the molecule is CCCc1ccc(COC(=O)Oc2ccc([N+](=O)[O-])cc2)cc1. The van der Waals surface area contributed by atoms with E-state index < -0.39 is 11.1 Å². The number of carbonyl (C=O) groups excluding carboxylic acids is 1. The molecule has 0 atom stereocenters. The Labute approximate surface area is 133 Å². The number of benzene rings is 2. The van der Waals surface area contributed by atoms with Crippen LogP contribution in [0.3, 0.4) is 0 Å². The molecule has 0 fully saturated rings. The van der Waals surface area contributed by atoms with E-state index in [1.165, 1.54) is 29.8 Å². The number of nitro groups is 1. The van der Waals surface area contributed by atoms with E-state index in [4.69, 9.17) is 9.47 Å². The van der Waals surface area contributed by atoms with Gasteiger partial charge in [-0.2, -0.15) is 0 Å². The Morgan fingerprint density at radius 1 is 1.04 bits per heavy atom. The van der Waals surface area contributed by atoms with Crippen LogP contribution >= 0.6 is 0 Å². The van der Waals surface area contributed by atoms with Crippen molar-refractivity contribution in [2.75, 3.05) is 0 Å². The molecule has 0 aliphatic carbocycles. The van der Waals surface area contributed by atoms with E-state index in [-0.39, 0.29) is 18.0 Å². The highest BCUT2D eigenvalue weighted by Crippen LogP contribution is 2.18. The average Bonchev–Trinajstić information content (AvgIpc) is 2.55. The molecule has 0 radical (unpaired) electrons. The molecule has 0 bridgehead atoms. The molecule has 2 aromatic carbocycles. The molecule has 0 spiro atoms. The summed E-state index contributed by atoms with van der Waals surface area (Å²) in [5.41, 5.74) is 2.04. The summed E-state index contributed by atoms with van der Waals surface area (Å²) < 4.78 is 9.96. The van der Waals surface area contributed by atoms with Crippen LogP contribution in [0.15, 0.2) is 48.5 Å². The molecule has 6 heteroatoms. The Hall–Kier alpha value is -2.89. The summed E-state index contributed by atoms with van der Waals surface area (Å²) >= 11 is 0. The largest absolute Gasteiger partial charge is 0.514 e. The number of hydrogen-bond acceptors (Lipinski definition) is 5. The molecular weight excluding hydrogens is 298 g/mol. The molecule has 2 aromatic rings. The van der Waals surface area contributed by atoms with Crippen LogP contribution in [0.5, 0.6) is 5.75 Å². The van der Waals surface area contributed by atoms with Crippen LogP contribution in [-0.4, -0.2) is 11.1 Å². The Bertz CT molecular complexity index is 664. The lowest BCUT2D eigenvalue weighted by molar-refractivity contribution is -0.384. The van der Waals surface area contributed by atoms with Gasteiger partial charge in [-0.05, 0) is 29.7 Å². The summed E-state index contributed by atoms with van der Waals surface area (Å²) in [4.78, 5) is 21.6. The van der Waals surface area contributed by atoms with E-state index in [1.54, 1.807) is 0 Å². The normalized spacial score (nSPS) is 10.1. The van der Waals surface area contributed by atoms with Crippen LogP contribution in [0.25, 0.3) is 0 Å². The van der Waals surface area contributed by atoms with E-state index in [0.29, 0.717) is 0 Å². The van der Waals surface area contributed by atoms with E-state index in [0.717, 1.165) is 18.4 Å². The van der Waals surface area contributed by atoms with E-state index in [2.05, 4.69) is 6.92 Å². The van der Waals surface area contributed by atoms with Gasteiger partial charge in [-0.25, -0.2) is 4.79 Å². The molecular formula is C17H17NO5. The zero-order chi connectivity index (χ0) is 16.7. The van der Waals surface area contributed by atoms with Crippen molar-refractivity contribution in [3.8, 4) is 5.75 Å². The fourth-order valence-corrected chi connectivity index (χ4v) is 1.99. The third-order valence-electron chi connectivity index (χ3n) is 3.17. The lowest BCUT2D eigenvalue weighted by atomic mass is 10.1. The number of ether oxygens (including phenoxy) is 2. The lowest BCUT2D eigenvalue weighted by Gasteiger charge is -2.06. The first-order chi connectivity index (χ1) is 11.1. The van der Waals surface area contributed by atoms with Crippen LogP contribution in [0.2, 0.25) is 0 Å². The van der Waals surface area contributed by atoms with E-state index >= 15 is 0 Å². The Morgan fingerprint density at radius 3 is 2.22 bits per heavy atom. The molecule has 0 unspecified atom stereocenters. The number of nitrogens with zero attached hydrogens (tertiary/aromatic N) is 1. The molecule has 0 aliphatic rings. The second kappa shape index (κ2) is 7.93. The minimum absolute atomic E-state index is 0.0714. The number of carbonyl (C=O) groups is 1. The van der Waals surface area contributed by atoms with Crippen LogP contribution < -0.4 is 4.74 Å². The third kappa shape index (κ3) is 5.10. The van der Waals surface area contributed by atoms with Crippen molar-refractivity contribution in [3.63, 3.8) is 0 Å². The highest BCUT2D eigenvalue weighted by molar-refractivity contribution is 5.64. The average molecular weight is 315 g/mol. The third-order valence-corrected chi connectivity index (χ3v) is 3.17. The van der Waals surface area contributed by atoms with Gasteiger partial charge in [0.2, 0.25) is 0 Å². The van der Waals surface area contributed by atoms with Gasteiger partial charge in [0.25, 0.3) is 5.69 Å². The maximum atomic E-state index is 11.6. The first-order valence-corrected chi connectivity index (χ1v) is 7.25. The molecule has 0 N–H and O–H groups in total. The van der Waals surface area contributed by atoms with Crippen LogP contribution in [0.4, 0.5) is 10.5 Å². The van der Waals surface area contributed by atoms with Crippen LogP contribution in [0.1, 0.15) is 24.5 Å². The molecule has 0 heterocycles. The first kappa shape index (κ1) is 16.5. The second-order valence-electron chi connectivity index (χ2n) is 4.96. The highest BCUT2D eigenvalue weighted by atomic mass is 16.7.